The van der Waals surface area contributed by atoms with Gasteiger partial charge in [0.15, 0.2) is 11.5 Å². The number of hydrogen-bond acceptors (Lipinski definition) is 5. The van der Waals surface area contributed by atoms with E-state index in [1.807, 2.05) is 0 Å². The Morgan fingerprint density at radius 3 is 2.31 bits per heavy atom. The zero-order valence-electron chi connectivity index (χ0n) is 18.0. The molecule has 0 aliphatic heterocycles. The van der Waals surface area contributed by atoms with E-state index in [-0.39, 0.29) is 40.9 Å². The molecule has 0 aromatic heterocycles. The van der Waals surface area contributed by atoms with E-state index in [4.69, 9.17) is 4.74 Å². The molecule has 174 valence electrons. The number of carbonyl (C=O) groups is 1. The molecule has 1 aliphatic rings. The van der Waals surface area contributed by atoms with Crippen LogP contribution in [-0.2, 0) is 16.6 Å². The van der Waals surface area contributed by atoms with Gasteiger partial charge in [-0.3, -0.25) is 4.79 Å². The van der Waals surface area contributed by atoms with Gasteiger partial charge in [0, 0.05) is 24.2 Å². The zero-order chi connectivity index (χ0) is 23.5. The first-order valence-corrected chi connectivity index (χ1v) is 11.6. The van der Waals surface area contributed by atoms with Crippen LogP contribution in [0.15, 0.2) is 47.4 Å². The Balaban J connectivity index is 1.79. The summed E-state index contributed by atoms with van der Waals surface area (Å²) in [5, 5.41) is 0. The number of halogens is 2. The lowest BCUT2D eigenvalue weighted by Crippen LogP contribution is -2.33. The standard InChI is InChI=1S/C22H26F2N2O5S/c1-14(2)25-32(28,29)18-9-5-16(6-10-18)21(27)26(17-7-8-17)13-15-4-11-19(31-22(23)24)20(12-15)30-3/h4-6,9-12,14,17,22,25H,7-8,13H2,1-3H3. The van der Waals surface area contributed by atoms with E-state index in [0.29, 0.717) is 11.1 Å². The fraction of sp³-hybridized carbons (Fsp3) is 0.409. The van der Waals surface area contributed by atoms with E-state index < -0.39 is 16.6 Å². The normalized spacial score (nSPS) is 14.0. The van der Waals surface area contributed by atoms with Crippen LogP contribution >= 0.6 is 0 Å². The highest BCUT2D eigenvalue weighted by atomic mass is 32.2. The van der Waals surface area contributed by atoms with Crippen LogP contribution in [0.3, 0.4) is 0 Å². The summed E-state index contributed by atoms with van der Waals surface area (Å²) in [4.78, 5) is 14.9. The average Bonchev–Trinajstić information content (AvgIpc) is 3.56. The minimum atomic E-state index is -3.65. The van der Waals surface area contributed by atoms with Crippen LogP contribution in [-0.4, -0.2) is 45.0 Å². The number of carbonyl (C=O) groups excluding carboxylic acids is 1. The second-order valence-electron chi connectivity index (χ2n) is 7.83. The van der Waals surface area contributed by atoms with Crippen LogP contribution < -0.4 is 14.2 Å². The Kier molecular flexibility index (Phi) is 7.35. The maximum absolute atomic E-state index is 13.1. The summed E-state index contributed by atoms with van der Waals surface area (Å²) in [6.07, 6.45) is 1.72. The van der Waals surface area contributed by atoms with Crippen molar-refractivity contribution in [3.63, 3.8) is 0 Å². The van der Waals surface area contributed by atoms with Gasteiger partial charge < -0.3 is 14.4 Å². The molecule has 0 saturated heterocycles. The highest BCUT2D eigenvalue weighted by Gasteiger charge is 2.33. The first-order chi connectivity index (χ1) is 15.1. The highest BCUT2D eigenvalue weighted by Crippen LogP contribution is 2.33. The number of amides is 1. The molecular formula is C22H26F2N2O5S. The molecule has 1 amide bonds. The van der Waals surface area contributed by atoms with Crippen molar-refractivity contribution >= 4 is 15.9 Å². The van der Waals surface area contributed by atoms with Gasteiger partial charge in [0.05, 0.1) is 12.0 Å². The van der Waals surface area contributed by atoms with Gasteiger partial charge in [0.25, 0.3) is 5.91 Å². The fourth-order valence-corrected chi connectivity index (χ4v) is 4.53. The molecule has 32 heavy (non-hydrogen) atoms. The molecule has 2 aromatic rings. The maximum Gasteiger partial charge on any atom is 0.387 e. The monoisotopic (exact) mass is 468 g/mol. The number of methoxy groups -OCH3 is 1. The van der Waals surface area contributed by atoms with Crippen molar-refractivity contribution in [2.75, 3.05) is 7.11 Å². The van der Waals surface area contributed by atoms with Crippen LogP contribution in [0.4, 0.5) is 8.78 Å². The zero-order valence-corrected chi connectivity index (χ0v) is 18.9. The van der Waals surface area contributed by atoms with Crippen molar-refractivity contribution in [2.45, 2.75) is 56.8 Å². The number of alkyl halides is 2. The van der Waals surface area contributed by atoms with Crippen LogP contribution in [0.5, 0.6) is 11.5 Å². The van der Waals surface area contributed by atoms with Gasteiger partial charge in [0.2, 0.25) is 10.0 Å². The molecule has 1 N–H and O–H groups in total. The van der Waals surface area contributed by atoms with Crippen molar-refractivity contribution in [1.82, 2.24) is 9.62 Å². The van der Waals surface area contributed by atoms with E-state index in [9.17, 15) is 22.0 Å². The lowest BCUT2D eigenvalue weighted by molar-refractivity contribution is -0.0512. The molecule has 0 bridgehead atoms. The smallest absolute Gasteiger partial charge is 0.387 e. The third-order valence-corrected chi connectivity index (χ3v) is 6.52. The molecule has 1 fully saturated rings. The number of rotatable bonds is 10. The Morgan fingerprint density at radius 2 is 1.78 bits per heavy atom. The molecule has 7 nitrogen and oxygen atoms in total. The largest absolute Gasteiger partial charge is 0.493 e. The van der Waals surface area contributed by atoms with Gasteiger partial charge in [-0.25, -0.2) is 13.1 Å². The van der Waals surface area contributed by atoms with Crippen molar-refractivity contribution in [3.8, 4) is 11.5 Å². The maximum atomic E-state index is 13.1. The minimum Gasteiger partial charge on any atom is -0.493 e. The van der Waals surface area contributed by atoms with Crippen molar-refractivity contribution < 1.29 is 31.5 Å². The van der Waals surface area contributed by atoms with E-state index in [2.05, 4.69) is 9.46 Å². The molecule has 0 heterocycles. The molecule has 2 aromatic carbocycles. The summed E-state index contributed by atoms with van der Waals surface area (Å²) in [6, 6.07) is 10.2. The second kappa shape index (κ2) is 9.83. The molecular weight excluding hydrogens is 442 g/mol. The van der Waals surface area contributed by atoms with Crippen molar-refractivity contribution in [3.05, 3.63) is 53.6 Å². The van der Waals surface area contributed by atoms with E-state index in [1.165, 1.54) is 37.4 Å². The van der Waals surface area contributed by atoms with Gasteiger partial charge in [-0.15, -0.1) is 0 Å². The number of benzene rings is 2. The van der Waals surface area contributed by atoms with E-state index in [0.717, 1.165) is 12.8 Å². The lowest BCUT2D eigenvalue weighted by atomic mass is 10.1. The molecule has 10 heteroatoms. The molecule has 0 unspecified atom stereocenters. The number of nitrogens with zero attached hydrogens (tertiary/aromatic N) is 1. The van der Waals surface area contributed by atoms with Crippen LogP contribution in [0, 0.1) is 0 Å². The van der Waals surface area contributed by atoms with E-state index in [1.54, 1.807) is 30.9 Å². The van der Waals surface area contributed by atoms with Crippen LogP contribution in [0.2, 0.25) is 0 Å². The molecule has 1 saturated carbocycles. The van der Waals surface area contributed by atoms with Crippen molar-refractivity contribution in [1.29, 1.82) is 0 Å². The summed E-state index contributed by atoms with van der Waals surface area (Å²) in [5.74, 6) is -0.166. The highest BCUT2D eigenvalue weighted by molar-refractivity contribution is 7.89. The van der Waals surface area contributed by atoms with Gasteiger partial charge in [-0.2, -0.15) is 8.78 Å². The third-order valence-electron chi connectivity index (χ3n) is 4.85. The minimum absolute atomic E-state index is 0.0662. The Bertz CT molecular complexity index is 1050. The fourth-order valence-electron chi connectivity index (χ4n) is 3.27. The molecule has 3 rings (SSSR count). The van der Waals surface area contributed by atoms with Crippen LogP contribution in [0.25, 0.3) is 0 Å². The van der Waals surface area contributed by atoms with Gasteiger partial charge >= 0.3 is 6.61 Å². The predicted octanol–water partition coefficient (Wildman–Crippen LogP) is 3.79. The topological polar surface area (TPSA) is 84.9 Å². The van der Waals surface area contributed by atoms with Gasteiger partial charge in [-0.1, -0.05) is 6.07 Å². The summed E-state index contributed by atoms with van der Waals surface area (Å²) in [7, 11) is -2.30. The number of sulfonamides is 1. The summed E-state index contributed by atoms with van der Waals surface area (Å²) < 4.78 is 61.8. The van der Waals surface area contributed by atoms with Gasteiger partial charge in [-0.05, 0) is 68.7 Å². The number of nitrogens with one attached hydrogen (secondary N) is 1. The van der Waals surface area contributed by atoms with E-state index >= 15 is 0 Å². The molecule has 0 spiro atoms. The SMILES string of the molecule is COc1cc(CN(C(=O)c2ccc(S(=O)(=O)NC(C)C)cc2)C2CC2)ccc1OC(F)F. The molecule has 1 aliphatic carbocycles. The average molecular weight is 469 g/mol. The predicted molar refractivity (Wildman–Crippen MR) is 114 cm³/mol. The third kappa shape index (κ3) is 5.95. The lowest BCUT2D eigenvalue weighted by Gasteiger charge is -2.23. The summed E-state index contributed by atoms with van der Waals surface area (Å²) in [6.45, 7) is 0.736. The Morgan fingerprint density at radius 1 is 1.12 bits per heavy atom. The van der Waals surface area contributed by atoms with Crippen molar-refractivity contribution in [2.24, 2.45) is 0 Å². The Labute approximate surface area is 186 Å². The Hall–Kier alpha value is -2.72. The number of ether oxygens (including phenoxy) is 2. The molecule has 0 atom stereocenters. The number of hydrogen-bond donors (Lipinski definition) is 1. The summed E-state index contributed by atoms with van der Waals surface area (Å²) in [5.41, 5.74) is 1.06. The van der Waals surface area contributed by atoms with Gasteiger partial charge in [0.1, 0.15) is 0 Å². The first-order valence-electron chi connectivity index (χ1n) is 10.2. The second-order valence-corrected chi connectivity index (χ2v) is 9.54. The van der Waals surface area contributed by atoms with Crippen LogP contribution in [0.1, 0.15) is 42.6 Å². The quantitative estimate of drug-likeness (QED) is 0.574. The molecule has 0 radical (unpaired) electrons. The first kappa shape index (κ1) is 23.9. The summed E-state index contributed by atoms with van der Waals surface area (Å²) >= 11 is 0.